The normalized spacial score (nSPS) is 12.0. The molecule has 6 nitrogen and oxygen atoms in total. The van der Waals surface area contributed by atoms with Gasteiger partial charge >= 0.3 is 0 Å². The Kier molecular flexibility index (Phi) is 4.86. The Morgan fingerprint density at radius 2 is 1.87 bits per heavy atom. The van der Waals surface area contributed by atoms with E-state index in [1.165, 1.54) is 31.6 Å². The Hall–Kier alpha value is -1.80. The number of methoxy groups -OCH3 is 2. The van der Waals surface area contributed by atoms with E-state index in [0.717, 1.165) is 5.69 Å². The van der Waals surface area contributed by atoms with Crippen molar-refractivity contribution < 1.29 is 17.9 Å². The summed E-state index contributed by atoms with van der Waals surface area (Å²) in [5, 5.41) is 2.17. The number of nitrogens with one attached hydrogen (secondary N) is 1. The van der Waals surface area contributed by atoms with Crippen LogP contribution in [-0.4, -0.2) is 27.6 Å². The van der Waals surface area contributed by atoms with Gasteiger partial charge in [-0.3, -0.25) is 4.72 Å². The Morgan fingerprint density at radius 1 is 1.17 bits per heavy atom. The van der Waals surface area contributed by atoms with Gasteiger partial charge in [0.2, 0.25) is 0 Å². The lowest BCUT2D eigenvalue weighted by molar-refractivity contribution is 0.392. The quantitative estimate of drug-likeness (QED) is 0.890. The Balaban J connectivity index is 2.37. The van der Waals surface area contributed by atoms with Gasteiger partial charge in [-0.25, -0.2) is 13.4 Å². The van der Waals surface area contributed by atoms with E-state index in [1.54, 1.807) is 12.1 Å². The van der Waals surface area contributed by atoms with Crippen LogP contribution in [0.4, 0.5) is 5.13 Å². The topological polar surface area (TPSA) is 77.5 Å². The first-order valence-corrected chi connectivity index (χ1v) is 9.24. The van der Waals surface area contributed by atoms with Gasteiger partial charge in [0.15, 0.2) is 5.13 Å². The molecule has 0 unspecified atom stereocenters. The van der Waals surface area contributed by atoms with Crippen molar-refractivity contribution in [2.45, 2.75) is 31.1 Å². The number of thiazole rings is 1. The van der Waals surface area contributed by atoms with Crippen LogP contribution in [0.5, 0.6) is 11.5 Å². The predicted molar refractivity (Wildman–Crippen MR) is 91.2 cm³/mol. The minimum absolute atomic E-state index is 0.00635. The maximum absolute atomic E-state index is 12.6. The number of hydrogen-bond acceptors (Lipinski definition) is 6. The molecule has 0 bridgehead atoms. The van der Waals surface area contributed by atoms with E-state index >= 15 is 0 Å². The lowest BCUT2D eigenvalue weighted by Crippen LogP contribution is -2.15. The largest absolute Gasteiger partial charge is 0.497 e. The molecule has 1 N–H and O–H groups in total. The summed E-state index contributed by atoms with van der Waals surface area (Å²) in [6.45, 7) is 6.06. The fourth-order valence-electron chi connectivity index (χ4n) is 1.83. The molecule has 0 atom stereocenters. The first-order valence-electron chi connectivity index (χ1n) is 6.88. The number of rotatable bonds is 5. The van der Waals surface area contributed by atoms with E-state index in [-0.39, 0.29) is 16.1 Å². The summed E-state index contributed by atoms with van der Waals surface area (Å²) >= 11 is 1.25. The van der Waals surface area contributed by atoms with Crippen molar-refractivity contribution in [2.75, 3.05) is 18.9 Å². The highest BCUT2D eigenvalue weighted by Gasteiger charge is 2.24. The van der Waals surface area contributed by atoms with Crippen LogP contribution in [0.3, 0.4) is 0 Å². The molecular formula is C15H20N2O4S2. The molecule has 8 heteroatoms. The Bertz CT molecular complexity index is 792. The van der Waals surface area contributed by atoms with Gasteiger partial charge in [-0.1, -0.05) is 20.8 Å². The number of benzene rings is 1. The SMILES string of the molecule is COc1ccc(OC)c(S(=O)(=O)Nc2nc(C(C)(C)C)cs2)c1. The van der Waals surface area contributed by atoms with E-state index in [0.29, 0.717) is 10.9 Å². The molecule has 0 aliphatic heterocycles. The molecule has 2 aromatic rings. The second-order valence-electron chi connectivity index (χ2n) is 5.91. The molecule has 0 aliphatic rings. The molecule has 0 radical (unpaired) electrons. The number of nitrogens with zero attached hydrogens (tertiary/aromatic N) is 1. The average Bonchev–Trinajstić information content (AvgIpc) is 2.94. The molecule has 0 saturated carbocycles. The molecule has 0 spiro atoms. The third-order valence-electron chi connectivity index (χ3n) is 3.15. The van der Waals surface area contributed by atoms with Crippen molar-refractivity contribution in [3.05, 3.63) is 29.3 Å². The lowest BCUT2D eigenvalue weighted by Gasteiger charge is -2.14. The molecule has 0 amide bonds. The minimum Gasteiger partial charge on any atom is -0.497 e. The Morgan fingerprint density at radius 3 is 2.39 bits per heavy atom. The van der Waals surface area contributed by atoms with Gasteiger partial charge in [-0.05, 0) is 12.1 Å². The number of ether oxygens (including phenoxy) is 2. The summed E-state index contributed by atoms with van der Waals surface area (Å²) in [5.74, 6) is 0.673. The van der Waals surface area contributed by atoms with E-state index in [2.05, 4.69) is 9.71 Å². The van der Waals surface area contributed by atoms with Crippen molar-refractivity contribution in [1.29, 1.82) is 0 Å². The van der Waals surface area contributed by atoms with Crippen molar-refractivity contribution in [2.24, 2.45) is 0 Å². The van der Waals surface area contributed by atoms with Gasteiger partial charge in [0, 0.05) is 16.9 Å². The van der Waals surface area contributed by atoms with Gasteiger partial charge < -0.3 is 9.47 Å². The zero-order valence-corrected chi connectivity index (χ0v) is 15.3. The van der Waals surface area contributed by atoms with Gasteiger partial charge in [0.25, 0.3) is 10.0 Å². The zero-order chi connectivity index (χ0) is 17.3. The van der Waals surface area contributed by atoms with E-state index in [1.807, 2.05) is 26.2 Å². The fourth-order valence-corrected chi connectivity index (χ4v) is 4.20. The summed E-state index contributed by atoms with van der Waals surface area (Å²) in [6.07, 6.45) is 0. The molecule has 0 aliphatic carbocycles. The van der Waals surface area contributed by atoms with Crippen LogP contribution in [-0.2, 0) is 15.4 Å². The van der Waals surface area contributed by atoms with Crippen LogP contribution in [0.1, 0.15) is 26.5 Å². The molecule has 2 rings (SSSR count). The van der Waals surface area contributed by atoms with E-state index in [9.17, 15) is 8.42 Å². The van der Waals surface area contributed by atoms with Crippen LogP contribution in [0, 0.1) is 0 Å². The van der Waals surface area contributed by atoms with Crippen LogP contribution < -0.4 is 14.2 Å². The third kappa shape index (κ3) is 3.94. The molecule has 0 fully saturated rings. The molecule has 1 aromatic carbocycles. The van der Waals surface area contributed by atoms with E-state index in [4.69, 9.17) is 9.47 Å². The van der Waals surface area contributed by atoms with Crippen LogP contribution >= 0.6 is 11.3 Å². The summed E-state index contributed by atoms with van der Waals surface area (Å²) in [7, 11) is -0.935. The summed E-state index contributed by atoms with van der Waals surface area (Å²) in [5.41, 5.74) is 0.686. The third-order valence-corrected chi connectivity index (χ3v) is 5.40. The number of hydrogen-bond donors (Lipinski definition) is 1. The smallest absolute Gasteiger partial charge is 0.267 e. The monoisotopic (exact) mass is 356 g/mol. The Labute approximate surface area is 140 Å². The first-order chi connectivity index (χ1) is 10.7. The fraction of sp³-hybridized carbons (Fsp3) is 0.400. The molecular weight excluding hydrogens is 336 g/mol. The van der Waals surface area contributed by atoms with Gasteiger partial charge in [0.1, 0.15) is 16.4 Å². The summed E-state index contributed by atoms with van der Waals surface area (Å²) in [4.78, 5) is 4.35. The molecule has 1 heterocycles. The highest BCUT2D eigenvalue weighted by atomic mass is 32.2. The summed E-state index contributed by atoms with van der Waals surface area (Å²) < 4.78 is 38.0. The highest BCUT2D eigenvalue weighted by Crippen LogP contribution is 2.31. The van der Waals surface area contributed by atoms with E-state index < -0.39 is 10.0 Å². The standard InChI is InChI=1S/C15H20N2O4S2/c1-15(2,3)13-9-22-14(16-13)17-23(18,19)12-8-10(20-4)6-7-11(12)21-5/h6-9H,1-5H3,(H,16,17). The van der Waals surface area contributed by atoms with Crippen molar-refractivity contribution >= 4 is 26.5 Å². The molecule has 1 aromatic heterocycles. The maximum atomic E-state index is 12.6. The van der Waals surface area contributed by atoms with Gasteiger partial charge in [-0.15, -0.1) is 11.3 Å². The molecule has 23 heavy (non-hydrogen) atoms. The van der Waals surface area contributed by atoms with Crippen LogP contribution in [0.15, 0.2) is 28.5 Å². The van der Waals surface area contributed by atoms with Crippen molar-refractivity contribution in [3.63, 3.8) is 0 Å². The second-order valence-corrected chi connectivity index (χ2v) is 8.42. The second kappa shape index (κ2) is 6.37. The summed E-state index contributed by atoms with van der Waals surface area (Å²) in [6, 6.07) is 4.61. The zero-order valence-electron chi connectivity index (χ0n) is 13.7. The van der Waals surface area contributed by atoms with Crippen molar-refractivity contribution in [1.82, 2.24) is 4.98 Å². The van der Waals surface area contributed by atoms with Crippen LogP contribution in [0.2, 0.25) is 0 Å². The van der Waals surface area contributed by atoms with Gasteiger partial charge in [0.05, 0.1) is 19.9 Å². The highest BCUT2D eigenvalue weighted by molar-refractivity contribution is 7.93. The maximum Gasteiger partial charge on any atom is 0.267 e. The number of anilines is 1. The molecule has 0 saturated heterocycles. The first kappa shape index (κ1) is 17.6. The molecule has 126 valence electrons. The minimum atomic E-state index is -3.83. The van der Waals surface area contributed by atoms with Crippen molar-refractivity contribution in [3.8, 4) is 11.5 Å². The predicted octanol–water partition coefficient (Wildman–Crippen LogP) is 3.26. The number of aromatic nitrogens is 1. The average molecular weight is 356 g/mol. The van der Waals surface area contributed by atoms with Gasteiger partial charge in [-0.2, -0.15) is 0 Å². The van der Waals surface area contributed by atoms with Crippen LogP contribution in [0.25, 0.3) is 0 Å². The lowest BCUT2D eigenvalue weighted by atomic mass is 9.93. The number of sulfonamides is 1.